The van der Waals surface area contributed by atoms with Crippen LogP contribution in [0.3, 0.4) is 0 Å². The van der Waals surface area contributed by atoms with Crippen molar-refractivity contribution in [2.45, 2.75) is 39.0 Å². The van der Waals surface area contributed by atoms with Crippen LogP contribution >= 0.6 is 9.24 Å². The third kappa shape index (κ3) is 5.03. The maximum atomic E-state index is 2.76. The number of benzene rings is 3. The maximum absolute atomic E-state index is 2.76. The Kier molecular flexibility index (Phi) is 6.05. The molecule has 25 heavy (non-hydrogen) atoms. The highest BCUT2D eigenvalue weighted by molar-refractivity contribution is 7.27. The second-order valence-corrected chi connectivity index (χ2v) is 7.59. The van der Waals surface area contributed by atoms with Gasteiger partial charge in [-0.2, -0.15) is 0 Å². The quantitative estimate of drug-likeness (QED) is 0.508. The lowest BCUT2D eigenvalue weighted by atomic mass is 9.86. The minimum atomic E-state index is 0.503. The summed E-state index contributed by atoms with van der Waals surface area (Å²) in [6.45, 7) is 4.36. The van der Waals surface area contributed by atoms with E-state index in [0.717, 1.165) is 19.3 Å². The van der Waals surface area contributed by atoms with Crippen molar-refractivity contribution < 1.29 is 0 Å². The highest BCUT2D eigenvalue weighted by atomic mass is 31.0. The molecular formula is C24H27P. The third-order valence-electron chi connectivity index (χ3n) is 4.92. The van der Waals surface area contributed by atoms with Gasteiger partial charge in [-0.3, -0.25) is 0 Å². The zero-order chi connectivity index (χ0) is 17.6. The molecule has 0 saturated carbocycles. The number of hydrogen-bond donors (Lipinski definition) is 0. The molecule has 0 saturated heterocycles. The Morgan fingerprint density at radius 1 is 0.680 bits per heavy atom. The summed E-state index contributed by atoms with van der Waals surface area (Å²) in [5.41, 5.74) is 6.99. The van der Waals surface area contributed by atoms with Gasteiger partial charge in [-0.05, 0) is 59.7 Å². The van der Waals surface area contributed by atoms with Crippen molar-refractivity contribution in [2.24, 2.45) is 0 Å². The van der Waals surface area contributed by atoms with E-state index in [0.29, 0.717) is 5.92 Å². The summed E-state index contributed by atoms with van der Waals surface area (Å²) in [6.07, 6.45) is 3.25. The zero-order valence-electron chi connectivity index (χ0n) is 15.2. The monoisotopic (exact) mass is 346 g/mol. The van der Waals surface area contributed by atoms with Crippen molar-refractivity contribution in [1.29, 1.82) is 0 Å². The highest BCUT2D eigenvalue weighted by Gasteiger charge is 2.13. The molecule has 2 unspecified atom stereocenters. The molecule has 128 valence electrons. The molecule has 0 aliphatic carbocycles. The molecule has 0 aliphatic rings. The Morgan fingerprint density at radius 2 is 1.16 bits per heavy atom. The van der Waals surface area contributed by atoms with Gasteiger partial charge >= 0.3 is 0 Å². The van der Waals surface area contributed by atoms with Gasteiger partial charge in [0.2, 0.25) is 0 Å². The van der Waals surface area contributed by atoms with Gasteiger partial charge in [0, 0.05) is 0 Å². The topological polar surface area (TPSA) is 0 Å². The fraction of sp³-hybridized carbons (Fsp3) is 0.250. The third-order valence-corrected chi connectivity index (χ3v) is 5.31. The van der Waals surface area contributed by atoms with Gasteiger partial charge in [-0.25, -0.2) is 0 Å². The minimum Gasteiger partial charge on any atom is -0.106 e. The molecular weight excluding hydrogens is 319 g/mol. The van der Waals surface area contributed by atoms with Gasteiger partial charge in [0.15, 0.2) is 0 Å². The number of rotatable bonds is 6. The number of hydrogen-bond acceptors (Lipinski definition) is 0. The molecule has 0 aromatic heterocycles. The summed E-state index contributed by atoms with van der Waals surface area (Å²) in [7, 11) is 2.76. The molecule has 3 rings (SSSR count). The van der Waals surface area contributed by atoms with Gasteiger partial charge in [0.1, 0.15) is 0 Å². The number of aryl methyl sites for hydroxylation is 2. The largest absolute Gasteiger partial charge is 0.106 e. The second-order valence-electron chi connectivity index (χ2n) is 6.93. The van der Waals surface area contributed by atoms with E-state index in [4.69, 9.17) is 0 Å². The van der Waals surface area contributed by atoms with Gasteiger partial charge in [0.25, 0.3) is 0 Å². The van der Waals surface area contributed by atoms with E-state index in [-0.39, 0.29) is 0 Å². The van der Waals surface area contributed by atoms with E-state index in [2.05, 4.69) is 95.9 Å². The summed E-state index contributed by atoms with van der Waals surface area (Å²) in [6, 6.07) is 27.1. The molecule has 0 aliphatic heterocycles. The van der Waals surface area contributed by atoms with Crippen LogP contribution in [-0.2, 0) is 19.3 Å². The van der Waals surface area contributed by atoms with Crippen LogP contribution in [0.4, 0.5) is 0 Å². The standard InChI is InChI=1S/C24H27P/c1-3-19-6-8-20(9-7-19)16-23(22-12-4-18(2)5-13-22)17-21-10-14-24(25)15-11-21/h4-15,23H,3,16-17,25H2,1-2H3. The predicted molar refractivity (Wildman–Crippen MR) is 113 cm³/mol. The molecule has 0 N–H and O–H groups in total. The first kappa shape index (κ1) is 17.9. The van der Waals surface area contributed by atoms with Gasteiger partial charge < -0.3 is 0 Å². The van der Waals surface area contributed by atoms with Crippen LogP contribution in [0.5, 0.6) is 0 Å². The Labute approximate surface area is 154 Å². The van der Waals surface area contributed by atoms with Crippen molar-refractivity contribution in [3.8, 4) is 0 Å². The molecule has 0 bridgehead atoms. The molecule has 0 fully saturated rings. The maximum Gasteiger partial charge on any atom is -0.00810 e. The van der Waals surface area contributed by atoms with Crippen LogP contribution in [-0.4, -0.2) is 0 Å². The fourth-order valence-electron chi connectivity index (χ4n) is 3.28. The summed E-state index contributed by atoms with van der Waals surface area (Å²) >= 11 is 0. The van der Waals surface area contributed by atoms with Crippen LogP contribution in [0.2, 0.25) is 0 Å². The lowest BCUT2D eigenvalue weighted by molar-refractivity contribution is 0.680. The lowest BCUT2D eigenvalue weighted by Gasteiger charge is -2.19. The van der Waals surface area contributed by atoms with Crippen molar-refractivity contribution in [3.63, 3.8) is 0 Å². The van der Waals surface area contributed by atoms with E-state index in [1.165, 1.54) is 33.1 Å². The molecule has 3 aromatic rings. The van der Waals surface area contributed by atoms with Crippen molar-refractivity contribution in [1.82, 2.24) is 0 Å². The van der Waals surface area contributed by atoms with Crippen LogP contribution in [0.1, 0.15) is 40.7 Å². The summed E-state index contributed by atoms with van der Waals surface area (Å²) < 4.78 is 0. The molecule has 1 heteroatoms. The van der Waals surface area contributed by atoms with Crippen molar-refractivity contribution >= 4 is 14.5 Å². The van der Waals surface area contributed by atoms with E-state index in [1.807, 2.05) is 0 Å². The molecule has 0 amide bonds. The van der Waals surface area contributed by atoms with Crippen LogP contribution in [0.25, 0.3) is 0 Å². The van der Waals surface area contributed by atoms with E-state index >= 15 is 0 Å². The van der Waals surface area contributed by atoms with Gasteiger partial charge in [0.05, 0.1) is 0 Å². The summed E-state index contributed by atoms with van der Waals surface area (Å²) in [4.78, 5) is 0. The smallest absolute Gasteiger partial charge is 0.00810 e. The first-order valence-electron chi connectivity index (χ1n) is 9.13. The molecule has 2 atom stereocenters. The minimum absolute atomic E-state index is 0.503. The molecule has 0 nitrogen and oxygen atoms in total. The molecule has 3 aromatic carbocycles. The Balaban J connectivity index is 1.84. The van der Waals surface area contributed by atoms with E-state index < -0.39 is 0 Å². The van der Waals surface area contributed by atoms with Crippen LogP contribution in [0.15, 0.2) is 72.8 Å². The van der Waals surface area contributed by atoms with Gasteiger partial charge in [-0.1, -0.05) is 85.3 Å². The molecule has 0 heterocycles. The Hall–Kier alpha value is -1.91. The Morgan fingerprint density at radius 3 is 1.68 bits per heavy atom. The van der Waals surface area contributed by atoms with Crippen molar-refractivity contribution in [2.75, 3.05) is 0 Å². The van der Waals surface area contributed by atoms with E-state index in [9.17, 15) is 0 Å². The van der Waals surface area contributed by atoms with E-state index in [1.54, 1.807) is 0 Å². The molecule has 0 radical (unpaired) electrons. The second kappa shape index (κ2) is 8.45. The normalized spacial score (nSPS) is 12.1. The fourth-order valence-corrected chi connectivity index (χ4v) is 3.47. The SMILES string of the molecule is CCc1ccc(CC(Cc2ccc(P)cc2)c2ccc(C)cc2)cc1. The van der Waals surface area contributed by atoms with Crippen LogP contribution < -0.4 is 5.30 Å². The summed E-state index contributed by atoms with van der Waals surface area (Å²) in [5.74, 6) is 0.503. The highest BCUT2D eigenvalue weighted by Crippen LogP contribution is 2.26. The van der Waals surface area contributed by atoms with Gasteiger partial charge in [-0.15, -0.1) is 9.24 Å². The summed E-state index contributed by atoms with van der Waals surface area (Å²) in [5, 5.41) is 1.24. The first-order valence-corrected chi connectivity index (χ1v) is 9.70. The molecule has 0 spiro atoms. The average molecular weight is 346 g/mol. The first-order chi connectivity index (χ1) is 12.1. The van der Waals surface area contributed by atoms with Crippen molar-refractivity contribution in [3.05, 3.63) is 101 Å². The Bertz CT molecular complexity index is 783. The average Bonchev–Trinajstić information content (AvgIpc) is 2.64. The predicted octanol–water partition coefficient (Wildman–Crippen LogP) is 5.63. The van der Waals surface area contributed by atoms with Crippen LogP contribution in [0, 0.1) is 6.92 Å². The lowest BCUT2D eigenvalue weighted by Crippen LogP contribution is -2.07. The zero-order valence-corrected chi connectivity index (χ0v) is 16.4.